The second-order valence-electron chi connectivity index (χ2n) is 4.89. The lowest BCUT2D eigenvalue weighted by atomic mass is 9.91. The average molecular weight is 236 g/mol. The molecule has 0 saturated carbocycles. The molecule has 0 saturated heterocycles. The molecule has 1 rings (SSSR count). The van der Waals surface area contributed by atoms with Crippen molar-refractivity contribution in [1.82, 2.24) is 9.88 Å². The molecule has 4 heteroatoms. The van der Waals surface area contributed by atoms with Gasteiger partial charge in [-0.05, 0) is 26.0 Å². The molecule has 0 radical (unpaired) electrons. The van der Waals surface area contributed by atoms with E-state index in [1.54, 1.807) is 31.5 Å². The lowest BCUT2D eigenvalue weighted by Gasteiger charge is -2.36. The van der Waals surface area contributed by atoms with Crippen LogP contribution >= 0.6 is 0 Å². The van der Waals surface area contributed by atoms with E-state index in [2.05, 4.69) is 18.8 Å². The van der Waals surface area contributed by atoms with Gasteiger partial charge in [0.25, 0.3) is 0 Å². The number of likely N-dealkylation sites (N-methyl/N-ethyl adjacent to an activating group) is 1. The van der Waals surface area contributed by atoms with Crippen LogP contribution < -0.4 is 0 Å². The minimum atomic E-state index is -1.03. The topological polar surface area (TPSA) is 53.4 Å². The molecule has 0 aliphatic rings. The van der Waals surface area contributed by atoms with Crippen LogP contribution in [-0.2, 0) is 10.3 Å². The summed E-state index contributed by atoms with van der Waals surface area (Å²) in [7, 11) is 1.83. The van der Waals surface area contributed by atoms with Crippen LogP contribution in [0.2, 0.25) is 0 Å². The molecule has 0 aliphatic carbocycles. The fourth-order valence-corrected chi connectivity index (χ4v) is 1.89. The Hall–Kier alpha value is -1.42. The van der Waals surface area contributed by atoms with Crippen LogP contribution in [0.5, 0.6) is 0 Å². The normalized spacial score (nSPS) is 14.9. The second-order valence-corrected chi connectivity index (χ2v) is 4.89. The van der Waals surface area contributed by atoms with Crippen molar-refractivity contribution in [3.8, 4) is 0 Å². The standard InChI is InChI=1S/C13H20N2O2/c1-10(2)9-15(4)13(3,12(16)17)11-6-5-7-14-8-11/h5-8,10H,9H2,1-4H3,(H,16,17). The third-order valence-corrected chi connectivity index (χ3v) is 3.04. The van der Waals surface area contributed by atoms with Crippen molar-refractivity contribution in [3.63, 3.8) is 0 Å². The van der Waals surface area contributed by atoms with Crippen LogP contribution in [0.3, 0.4) is 0 Å². The highest BCUT2D eigenvalue weighted by molar-refractivity contribution is 5.80. The maximum atomic E-state index is 11.6. The molecule has 0 bridgehead atoms. The van der Waals surface area contributed by atoms with E-state index >= 15 is 0 Å². The number of hydrogen-bond acceptors (Lipinski definition) is 3. The van der Waals surface area contributed by atoms with Gasteiger partial charge in [0, 0.05) is 24.5 Å². The van der Waals surface area contributed by atoms with Crippen molar-refractivity contribution in [1.29, 1.82) is 0 Å². The first-order valence-corrected chi connectivity index (χ1v) is 5.74. The first-order valence-electron chi connectivity index (χ1n) is 5.74. The van der Waals surface area contributed by atoms with E-state index in [1.807, 2.05) is 11.9 Å². The zero-order valence-electron chi connectivity index (χ0n) is 10.8. The van der Waals surface area contributed by atoms with Gasteiger partial charge in [-0.15, -0.1) is 0 Å². The van der Waals surface area contributed by atoms with Crippen molar-refractivity contribution in [2.24, 2.45) is 5.92 Å². The number of rotatable bonds is 5. The summed E-state index contributed by atoms with van der Waals surface area (Å²) in [5.41, 5.74) is -0.325. The van der Waals surface area contributed by atoms with Crippen LogP contribution in [0.25, 0.3) is 0 Å². The van der Waals surface area contributed by atoms with Gasteiger partial charge in [-0.1, -0.05) is 19.9 Å². The summed E-state index contributed by atoms with van der Waals surface area (Å²) in [6.45, 7) is 6.58. The Labute approximate surface area is 102 Å². The van der Waals surface area contributed by atoms with Gasteiger partial charge in [0.2, 0.25) is 0 Å². The van der Waals surface area contributed by atoms with Crippen molar-refractivity contribution in [2.75, 3.05) is 13.6 Å². The first kappa shape index (κ1) is 13.6. The highest BCUT2D eigenvalue weighted by Crippen LogP contribution is 2.27. The lowest BCUT2D eigenvalue weighted by molar-refractivity contribution is -0.150. The average Bonchev–Trinajstić information content (AvgIpc) is 2.27. The van der Waals surface area contributed by atoms with E-state index in [9.17, 15) is 9.90 Å². The third kappa shape index (κ3) is 2.82. The quantitative estimate of drug-likeness (QED) is 0.849. The predicted molar refractivity (Wildman–Crippen MR) is 66.7 cm³/mol. The first-order chi connectivity index (χ1) is 7.89. The highest BCUT2D eigenvalue weighted by Gasteiger charge is 2.39. The number of nitrogens with zero attached hydrogens (tertiary/aromatic N) is 2. The Morgan fingerprint density at radius 2 is 2.24 bits per heavy atom. The molecule has 4 nitrogen and oxygen atoms in total. The summed E-state index contributed by atoms with van der Waals surface area (Å²) in [6, 6.07) is 3.57. The molecular weight excluding hydrogens is 216 g/mol. The Morgan fingerprint density at radius 3 is 2.65 bits per heavy atom. The number of pyridine rings is 1. The van der Waals surface area contributed by atoms with Gasteiger partial charge in [-0.25, -0.2) is 4.79 Å². The molecule has 1 aromatic rings. The van der Waals surface area contributed by atoms with Gasteiger partial charge in [0.15, 0.2) is 0 Å². The molecule has 0 amide bonds. The summed E-state index contributed by atoms with van der Waals surface area (Å²) < 4.78 is 0. The number of hydrogen-bond donors (Lipinski definition) is 1. The van der Waals surface area contributed by atoms with E-state index in [0.29, 0.717) is 11.5 Å². The monoisotopic (exact) mass is 236 g/mol. The van der Waals surface area contributed by atoms with Crippen LogP contribution in [0.1, 0.15) is 26.3 Å². The van der Waals surface area contributed by atoms with Gasteiger partial charge in [0.05, 0.1) is 0 Å². The van der Waals surface area contributed by atoms with E-state index in [0.717, 1.165) is 6.54 Å². The van der Waals surface area contributed by atoms with Crippen LogP contribution in [0, 0.1) is 5.92 Å². The fraction of sp³-hybridized carbons (Fsp3) is 0.538. The molecular formula is C13H20N2O2. The largest absolute Gasteiger partial charge is 0.480 e. The van der Waals surface area contributed by atoms with Crippen molar-refractivity contribution < 1.29 is 9.90 Å². The minimum absolute atomic E-state index is 0.412. The number of carbonyl (C=O) groups is 1. The second kappa shape index (κ2) is 5.27. The van der Waals surface area contributed by atoms with Crippen LogP contribution in [0.4, 0.5) is 0 Å². The molecule has 0 fully saturated rings. The van der Waals surface area contributed by atoms with Crippen LogP contribution in [0.15, 0.2) is 24.5 Å². The van der Waals surface area contributed by atoms with Gasteiger partial charge in [-0.2, -0.15) is 0 Å². The summed E-state index contributed by atoms with van der Waals surface area (Å²) >= 11 is 0. The molecule has 0 aliphatic heterocycles. The summed E-state index contributed by atoms with van der Waals surface area (Å²) in [5, 5.41) is 9.50. The SMILES string of the molecule is CC(C)CN(C)C(C)(C(=O)O)c1cccnc1. The molecule has 1 atom stereocenters. The molecule has 1 N–H and O–H groups in total. The lowest BCUT2D eigenvalue weighted by Crippen LogP contribution is -2.49. The van der Waals surface area contributed by atoms with E-state index in [-0.39, 0.29) is 0 Å². The van der Waals surface area contributed by atoms with Crippen molar-refractivity contribution in [3.05, 3.63) is 30.1 Å². The predicted octanol–water partition coefficient (Wildman–Crippen LogP) is 1.97. The maximum Gasteiger partial charge on any atom is 0.328 e. The molecule has 17 heavy (non-hydrogen) atoms. The Balaban J connectivity index is 3.10. The highest BCUT2D eigenvalue weighted by atomic mass is 16.4. The zero-order valence-corrected chi connectivity index (χ0v) is 10.8. The number of carboxylic acids is 1. The third-order valence-electron chi connectivity index (χ3n) is 3.04. The van der Waals surface area contributed by atoms with E-state index in [1.165, 1.54) is 0 Å². The number of aromatic nitrogens is 1. The smallest absolute Gasteiger partial charge is 0.328 e. The van der Waals surface area contributed by atoms with E-state index < -0.39 is 11.5 Å². The van der Waals surface area contributed by atoms with Gasteiger partial charge in [-0.3, -0.25) is 9.88 Å². The Kier molecular flexibility index (Phi) is 4.23. The number of aliphatic carboxylic acids is 1. The van der Waals surface area contributed by atoms with Gasteiger partial charge >= 0.3 is 5.97 Å². The summed E-state index contributed by atoms with van der Waals surface area (Å²) in [5.74, 6) is -0.441. The molecule has 0 spiro atoms. The molecule has 0 aromatic carbocycles. The molecule has 1 aromatic heterocycles. The number of carboxylic acid groups (broad SMARTS) is 1. The van der Waals surface area contributed by atoms with Crippen LogP contribution in [-0.4, -0.2) is 34.6 Å². The summed E-state index contributed by atoms with van der Waals surface area (Å²) in [6.07, 6.45) is 3.26. The maximum absolute atomic E-state index is 11.6. The summed E-state index contributed by atoms with van der Waals surface area (Å²) in [4.78, 5) is 17.4. The molecule has 1 heterocycles. The fourth-order valence-electron chi connectivity index (χ4n) is 1.89. The van der Waals surface area contributed by atoms with Gasteiger partial charge < -0.3 is 5.11 Å². The van der Waals surface area contributed by atoms with Crippen molar-refractivity contribution in [2.45, 2.75) is 26.3 Å². The Bertz CT molecular complexity index is 378. The van der Waals surface area contributed by atoms with Crippen molar-refractivity contribution >= 4 is 5.97 Å². The molecule has 94 valence electrons. The molecule has 1 unspecified atom stereocenters. The Morgan fingerprint density at radius 1 is 1.59 bits per heavy atom. The zero-order chi connectivity index (χ0) is 13.1. The minimum Gasteiger partial charge on any atom is -0.480 e. The van der Waals surface area contributed by atoms with E-state index in [4.69, 9.17) is 0 Å². The van der Waals surface area contributed by atoms with Gasteiger partial charge in [0.1, 0.15) is 5.54 Å².